The molecule has 2 N–H and O–H groups in total. The first-order valence-electron chi connectivity index (χ1n) is 6.96. The van der Waals surface area contributed by atoms with Crippen molar-refractivity contribution in [3.8, 4) is 0 Å². The van der Waals surface area contributed by atoms with Crippen molar-refractivity contribution in [3.63, 3.8) is 0 Å². The van der Waals surface area contributed by atoms with Gasteiger partial charge in [0.25, 0.3) is 5.91 Å². The minimum Gasteiger partial charge on any atom is -0.459 e. The Kier molecular flexibility index (Phi) is 3.74. The van der Waals surface area contributed by atoms with Gasteiger partial charge in [-0.1, -0.05) is 12.1 Å². The van der Waals surface area contributed by atoms with Gasteiger partial charge in [-0.3, -0.25) is 14.9 Å². The van der Waals surface area contributed by atoms with Crippen molar-refractivity contribution in [3.05, 3.63) is 53.5 Å². The number of fused-ring (bicyclic) bond motifs is 1. The van der Waals surface area contributed by atoms with Crippen LogP contribution in [0.3, 0.4) is 0 Å². The molecule has 1 aliphatic carbocycles. The fourth-order valence-electron chi connectivity index (χ4n) is 2.53. The summed E-state index contributed by atoms with van der Waals surface area (Å²) in [6.45, 7) is 0. The summed E-state index contributed by atoms with van der Waals surface area (Å²) < 4.78 is 4.91. The van der Waals surface area contributed by atoms with E-state index in [9.17, 15) is 14.4 Å². The predicted molar refractivity (Wildman–Crippen MR) is 78.9 cm³/mol. The number of imide groups is 1. The van der Waals surface area contributed by atoms with E-state index in [1.54, 1.807) is 18.2 Å². The topological polar surface area (TPSA) is 88.4 Å². The minimum atomic E-state index is -0.701. The second-order valence-corrected chi connectivity index (χ2v) is 5.00. The van der Waals surface area contributed by atoms with Gasteiger partial charge in [0.15, 0.2) is 11.5 Å². The normalized spacial score (nSPS) is 13.4. The average molecular weight is 298 g/mol. The first-order valence-corrected chi connectivity index (χ1v) is 6.96. The van der Waals surface area contributed by atoms with Crippen molar-refractivity contribution < 1.29 is 18.8 Å². The molecular formula is C16H14N2O4. The molecule has 112 valence electrons. The van der Waals surface area contributed by atoms with E-state index in [0.29, 0.717) is 17.7 Å². The Balaban J connectivity index is 1.75. The number of nitrogens with one attached hydrogen (secondary N) is 2. The SMILES string of the molecule is O=C(NC(=O)c1ccco1)Nc1cccc2c1C(=O)CCC2. The zero-order chi connectivity index (χ0) is 15.5. The summed E-state index contributed by atoms with van der Waals surface area (Å²) >= 11 is 0. The lowest BCUT2D eigenvalue weighted by atomic mass is 9.89. The quantitative estimate of drug-likeness (QED) is 0.892. The maximum atomic E-state index is 12.0. The average Bonchev–Trinajstić information content (AvgIpc) is 3.01. The van der Waals surface area contributed by atoms with Gasteiger partial charge in [-0.05, 0) is 36.6 Å². The number of rotatable bonds is 2. The molecule has 3 amide bonds. The van der Waals surface area contributed by atoms with E-state index in [4.69, 9.17) is 4.42 Å². The molecule has 3 rings (SSSR count). The molecule has 0 unspecified atom stereocenters. The van der Waals surface area contributed by atoms with Crippen LogP contribution in [0.25, 0.3) is 0 Å². The number of aryl methyl sites for hydroxylation is 1. The number of urea groups is 1. The van der Waals surface area contributed by atoms with Crippen LogP contribution >= 0.6 is 0 Å². The molecule has 0 radical (unpaired) electrons. The van der Waals surface area contributed by atoms with Crippen LogP contribution in [0.2, 0.25) is 0 Å². The largest absolute Gasteiger partial charge is 0.459 e. The van der Waals surface area contributed by atoms with E-state index < -0.39 is 11.9 Å². The van der Waals surface area contributed by atoms with Gasteiger partial charge in [-0.25, -0.2) is 4.79 Å². The lowest BCUT2D eigenvalue weighted by Crippen LogP contribution is -2.34. The monoisotopic (exact) mass is 298 g/mol. The summed E-state index contributed by atoms with van der Waals surface area (Å²) in [5, 5.41) is 4.72. The molecule has 0 atom stereocenters. The third kappa shape index (κ3) is 2.76. The van der Waals surface area contributed by atoms with Crippen molar-refractivity contribution in [1.82, 2.24) is 5.32 Å². The highest BCUT2D eigenvalue weighted by molar-refractivity contribution is 6.10. The number of carbonyl (C=O) groups is 3. The molecule has 6 nitrogen and oxygen atoms in total. The fraction of sp³-hybridized carbons (Fsp3) is 0.188. The Morgan fingerprint density at radius 2 is 1.95 bits per heavy atom. The second-order valence-electron chi connectivity index (χ2n) is 5.00. The lowest BCUT2D eigenvalue weighted by molar-refractivity contribution is 0.0938. The van der Waals surface area contributed by atoms with Crippen molar-refractivity contribution in [1.29, 1.82) is 0 Å². The summed E-state index contributed by atoms with van der Waals surface area (Å²) in [4.78, 5) is 35.7. The predicted octanol–water partition coefficient (Wildman–Crippen LogP) is 2.76. The Labute approximate surface area is 126 Å². The van der Waals surface area contributed by atoms with Crippen LogP contribution in [0.15, 0.2) is 41.0 Å². The zero-order valence-corrected chi connectivity index (χ0v) is 11.7. The van der Waals surface area contributed by atoms with E-state index >= 15 is 0 Å². The lowest BCUT2D eigenvalue weighted by Gasteiger charge is -2.18. The third-order valence-corrected chi connectivity index (χ3v) is 3.50. The summed E-state index contributed by atoms with van der Waals surface area (Å²) in [6.07, 6.45) is 3.44. The van der Waals surface area contributed by atoms with E-state index in [1.165, 1.54) is 12.3 Å². The fourth-order valence-corrected chi connectivity index (χ4v) is 2.53. The molecule has 0 bridgehead atoms. The van der Waals surface area contributed by atoms with Gasteiger partial charge in [0.05, 0.1) is 12.0 Å². The summed E-state index contributed by atoms with van der Waals surface area (Å²) in [6, 6.07) is 7.62. The molecule has 0 fully saturated rings. The molecule has 0 saturated carbocycles. The van der Waals surface area contributed by atoms with Crippen LogP contribution in [0, 0.1) is 0 Å². The van der Waals surface area contributed by atoms with Gasteiger partial charge in [0.2, 0.25) is 0 Å². The first-order chi connectivity index (χ1) is 10.6. The summed E-state index contributed by atoms with van der Waals surface area (Å²) in [5.41, 5.74) is 1.88. The molecule has 6 heteroatoms. The molecule has 22 heavy (non-hydrogen) atoms. The first kappa shape index (κ1) is 14.1. The standard InChI is InChI=1S/C16H14N2O4/c19-12-7-2-5-10-4-1-6-11(14(10)12)17-16(21)18-15(20)13-8-3-9-22-13/h1,3-4,6,8-9H,2,5,7H2,(H2,17,18,20,21). The van der Waals surface area contributed by atoms with Gasteiger partial charge < -0.3 is 9.73 Å². The maximum absolute atomic E-state index is 12.0. The number of hydrogen-bond acceptors (Lipinski definition) is 4. The number of furan rings is 1. The number of ketones is 1. The minimum absolute atomic E-state index is 0.00881. The Morgan fingerprint density at radius 1 is 1.09 bits per heavy atom. The van der Waals surface area contributed by atoms with Crippen LogP contribution in [0.4, 0.5) is 10.5 Å². The number of hydrogen-bond donors (Lipinski definition) is 2. The number of anilines is 1. The summed E-state index contributed by atoms with van der Waals surface area (Å²) in [7, 11) is 0. The highest BCUT2D eigenvalue weighted by atomic mass is 16.3. The molecular weight excluding hydrogens is 284 g/mol. The van der Waals surface area contributed by atoms with Gasteiger partial charge in [-0.2, -0.15) is 0 Å². The van der Waals surface area contributed by atoms with Crippen molar-refractivity contribution >= 4 is 23.4 Å². The van der Waals surface area contributed by atoms with Gasteiger partial charge in [-0.15, -0.1) is 0 Å². The molecule has 1 heterocycles. The second kappa shape index (κ2) is 5.85. The molecule has 2 aromatic rings. The summed E-state index contributed by atoms with van der Waals surface area (Å²) in [5.74, 6) is -0.588. The van der Waals surface area contributed by atoms with Crippen molar-refractivity contribution in [2.24, 2.45) is 0 Å². The van der Waals surface area contributed by atoms with Crippen LogP contribution < -0.4 is 10.6 Å². The van der Waals surface area contributed by atoms with Crippen LogP contribution in [-0.4, -0.2) is 17.7 Å². The number of carbonyl (C=O) groups excluding carboxylic acids is 3. The molecule has 0 saturated heterocycles. The van der Waals surface area contributed by atoms with Crippen molar-refractivity contribution in [2.75, 3.05) is 5.32 Å². The highest BCUT2D eigenvalue weighted by Crippen LogP contribution is 2.27. The number of Topliss-reactive ketones (excluding diaryl/α,β-unsaturated/α-hetero) is 1. The Bertz CT molecular complexity index is 735. The van der Waals surface area contributed by atoms with Gasteiger partial charge >= 0.3 is 6.03 Å². The van der Waals surface area contributed by atoms with Gasteiger partial charge in [0, 0.05) is 12.0 Å². The molecule has 1 aromatic carbocycles. The molecule has 1 aromatic heterocycles. The number of benzene rings is 1. The van der Waals surface area contributed by atoms with E-state index in [0.717, 1.165) is 18.4 Å². The smallest absolute Gasteiger partial charge is 0.326 e. The van der Waals surface area contributed by atoms with Gasteiger partial charge in [0.1, 0.15) is 0 Å². The number of amides is 3. The van der Waals surface area contributed by atoms with E-state index in [2.05, 4.69) is 10.6 Å². The van der Waals surface area contributed by atoms with Crippen LogP contribution in [0.1, 0.15) is 39.3 Å². The maximum Gasteiger partial charge on any atom is 0.326 e. The van der Waals surface area contributed by atoms with Crippen molar-refractivity contribution in [2.45, 2.75) is 19.3 Å². The van der Waals surface area contributed by atoms with E-state index in [-0.39, 0.29) is 11.5 Å². The van der Waals surface area contributed by atoms with Crippen LogP contribution in [0.5, 0.6) is 0 Å². The Hall–Kier alpha value is -2.89. The molecule has 1 aliphatic rings. The third-order valence-electron chi connectivity index (χ3n) is 3.50. The van der Waals surface area contributed by atoms with E-state index in [1.807, 2.05) is 6.07 Å². The van der Waals surface area contributed by atoms with Crippen LogP contribution in [-0.2, 0) is 6.42 Å². The molecule has 0 aliphatic heterocycles. The Morgan fingerprint density at radius 3 is 2.73 bits per heavy atom. The zero-order valence-electron chi connectivity index (χ0n) is 11.7. The molecule has 0 spiro atoms. The highest BCUT2D eigenvalue weighted by Gasteiger charge is 2.22.